The standard InChI is InChI=1S/C14H18BrN3/c1-3-7-16-11(2)13-6-5-12(15)10-14(13)18-9-4-8-17-18/h4-6,8-11,16H,3,7H2,1-2H3. The summed E-state index contributed by atoms with van der Waals surface area (Å²) in [5.74, 6) is 0. The number of rotatable bonds is 5. The number of nitrogens with zero attached hydrogens (tertiary/aromatic N) is 2. The second kappa shape index (κ2) is 6.16. The largest absolute Gasteiger partial charge is 0.310 e. The first-order chi connectivity index (χ1) is 8.72. The van der Waals surface area contributed by atoms with Crippen LogP contribution in [0.4, 0.5) is 0 Å². The Bertz CT molecular complexity index is 494. The molecule has 96 valence electrons. The van der Waals surface area contributed by atoms with Crippen LogP contribution in [-0.4, -0.2) is 16.3 Å². The normalized spacial score (nSPS) is 12.6. The van der Waals surface area contributed by atoms with Crippen LogP contribution in [0, 0.1) is 0 Å². The van der Waals surface area contributed by atoms with Gasteiger partial charge < -0.3 is 5.32 Å². The zero-order valence-corrected chi connectivity index (χ0v) is 12.3. The van der Waals surface area contributed by atoms with Crippen molar-refractivity contribution in [2.24, 2.45) is 0 Å². The topological polar surface area (TPSA) is 29.9 Å². The fourth-order valence-electron chi connectivity index (χ4n) is 1.96. The smallest absolute Gasteiger partial charge is 0.0704 e. The maximum atomic E-state index is 4.32. The molecule has 1 aromatic carbocycles. The summed E-state index contributed by atoms with van der Waals surface area (Å²) in [6, 6.07) is 8.58. The summed E-state index contributed by atoms with van der Waals surface area (Å²) >= 11 is 3.52. The summed E-state index contributed by atoms with van der Waals surface area (Å²) in [5.41, 5.74) is 2.38. The SMILES string of the molecule is CCCNC(C)c1ccc(Br)cc1-n1cccn1. The van der Waals surface area contributed by atoms with E-state index in [2.05, 4.69) is 58.4 Å². The number of halogens is 1. The third-order valence-electron chi connectivity index (χ3n) is 2.91. The van der Waals surface area contributed by atoms with Gasteiger partial charge in [0, 0.05) is 22.9 Å². The van der Waals surface area contributed by atoms with Gasteiger partial charge >= 0.3 is 0 Å². The van der Waals surface area contributed by atoms with Crippen LogP contribution < -0.4 is 5.32 Å². The molecule has 0 aliphatic heterocycles. The van der Waals surface area contributed by atoms with Gasteiger partial charge in [0.25, 0.3) is 0 Å². The highest BCUT2D eigenvalue weighted by atomic mass is 79.9. The molecule has 4 heteroatoms. The predicted molar refractivity (Wildman–Crippen MR) is 78.0 cm³/mol. The van der Waals surface area contributed by atoms with Gasteiger partial charge in [-0.25, -0.2) is 4.68 Å². The first kappa shape index (κ1) is 13.3. The van der Waals surface area contributed by atoms with E-state index in [1.807, 2.05) is 16.9 Å². The number of nitrogens with one attached hydrogen (secondary N) is 1. The zero-order valence-electron chi connectivity index (χ0n) is 10.7. The fourth-order valence-corrected chi connectivity index (χ4v) is 2.31. The summed E-state index contributed by atoms with van der Waals surface area (Å²) in [6.07, 6.45) is 4.91. The first-order valence-electron chi connectivity index (χ1n) is 6.25. The predicted octanol–water partition coefficient (Wildman–Crippen LogP) is 3.70. The third-order valence-corrected chi connectivity index (χ3v) is 3.40. The Hall–Kier alpha value is -1.13. The summed E-state index contributed by atoms with van der Waals surface area (Å²) in [4.78, 5) is 0. The van der Waals surface area contributed by atoms with Crippen molar-refractivity contribution in [3.8, 4) is 5.69 Å². The van der Waals surface area contributed by atoms with E-state index in [1.165, 1.54) is 5.56 Å². The average molecular weight is 308 g/mol. The van der Waals surface area contributed by atoms with Crippen molar-refractivity contribution in [3.05, 3.63) is 46.7 Å². The van der Waals surface area contributed by atoms with Gasteiger partial charge in [-0.2, -0.15) is 5.10 Å². The van der Waals surface area contributed by atoms with E-state index in [-0.39, 0.29) is 0 Å². The Labute approximate surface area is 116 Å². The Morgan fingerprint density at radius 2 is 2.28 bits per heavy atom. The minimum absolute atomic E-state index is 0.317. The van der Waals surface area contributed by atoms with Crippen LogP contribution in [0.25, 0.3) is 5.69 Å². The molecule has 0 amide bonds. The molecule has 1 heterocycles. The van der Waals surface area contributed by atoms with E-state index in [0.717, 1.165) is 23.1 Å². The minimum Gasteiger partial charge on any atom is -0.310 e. The quantitative estimate of drug-likeness (QED) is 0.913. The minimum atomic E-state index is 0.317. The molecular formula is C14H18BrN3. The van der Waals surface area contributed by atoms with Crippen molar-refractivity contribution < 1.29 is 0 Å². The number of hydrogen-bond donors (Lipinski definition) is 1. The van der Waals surface area contributed by atoms with E-state index >= 15 is 0 Å². The zero-order chi connectivity index (χ0) is 13.0. The Morgan fingerprint density at radius 3 is 2.94 bits per heavy atom. The molecular weight excluding hydrogens is 290 g/mol. The number of hydrogen-bond acceptors (Lipinski definition) is 2. The van der Waals surface area contributed by atoms with Crippen LogP contribution >= 0.6 is 15.9 Å². The van der Waals surface area contributed by atoms with Crippen LogP contribution in [0.1, 0.15) is 31.9 Å². The molecule has 1 atom stereocenters. The molecule has 1 N–H and O–H groups in total. The lowest BCUT2D eigenvalue weighted by molar-refractivity contribution is 0.567. The maximum absolute atomic E-state index is 4.32. The van der Waals surface area contributed by atoms with E-state index in [1.54, 1.807) is 6.20 Å². The molecule has 0 saturated carbocycles. The molecule has 0 fully saturated rings. The molecule has 2 rings (SSSR count). The Balaban J connectivity index is 2.35. The van der Waals surface area contributed by atoms with Crippen molar-refractivity contribution in [2.75, 3.05) is 6.54 Å². The van der Waals surface area contributed by atoms with Gasteiger partial charge in [0.15, 0.2) is 0 Å². The van der Waals surface area contributed by atoms with Gasteiger partial charge in [-0.1, -0.05) is 28.9 Å². The van der Waals surface area contributed by atoms with Crippen molar-refractivity contribution >= 4 is 15.9 Å². The highest BCUT2D eigenvalue weighted by Crippen LogP contribution is 2.25. The van der Waals surface area contributed by atoms with Gasteiger partial charge in [-0.3, -0.25) is 0 Å². The number of benzene rings is 1. The molecule has 0 bridgehead atoms. The maximum Gasteiger partial charge on any atom is 0.0704 e. The second-order valence-electron chi connectivity index (χ2n) is 4.33. The molecule has 0 saturated heterocycles. The summed E-state index contributed by atoms with van der Waals surface area (Å²) in [6.45, 7) is 5.39. The third kappa shape index (κ3) is 3.00. The molecule has 0 aliphatic carbocycles. The van der Waals surface area contributed by atoms with Crippen molar-refractivity contribution in [1.29, 1.82) is 0 Å². The molecule has 1 aromatic heterocycles. The fraction of sp³-hybridized carbons (Fsp3) is 0.357. The van der Waals surface area contributed by atoms with Crippen LogP contribution in [0.2, 0.25) is 0 Å². The highest BCUT2D eigenvalue weighted by molar-refractivity contribution is 9.10. The van der Waals surface area contributed by atoms with E-state index < -0.39 is 0 Å². The van der Waals surface area contributed by atoms with Crippen LogP contribution in [0.5, 0.6) is 0 Å². The van der Waals surface area contributed by atoms with Gasteiger partial charge in [0.05, 0.1) is 5.69 Å². The van der Waals surface area contributed by atoms with Gasteiger partial charge in [0.1, 0.15) is 0 Å². The van der Waals surface area contributed by atoms with Crippen LogP contribution in [-0.2, 0) is 0 Å². The monoisotopic (exact) mass is 307 g/mol. The average Bonchev–Trinajstić information content (AvgIpc) is 2.89. The van der Waals surface area contributed by atoms with Crippen molar-refractivity contribution in [3.63, 3.8) is 0 Å². The Morgan fingerprint density at radius 1 is 1.44 bits per heavy atom. The van der Waals surface area contributed by atoms with Crippen molar-refractivity contribution in [1.82, 2.24) is 15.1 Å². The van der Waals surface area contributed by atoms with E-state index in [4.69, 9.17) is 0 Å². The van der Waals surface area contributed by atoms with E-state index in [0.29, 0.717) is 6.04 Å². The Kier molecular flexibility index (Phi) is 4.55. The van der Waals surface area contributed by atoms with Gasteiger partial charge in [-0.15, -0.1) is 0 Å². The molecule has 2 aromatic rings. The summed E-state index contributed by atoms with van der Waals surface area (Å²) in [5, 5.41) is 7.83. The first-order valence-corrected chi connectivity index (χ1v) is 7.04. The van der Waals surface area contributed by atoms with Gasteiger partial charge in [-0.05, 0) is 43.7 Å². The van der Waals surface area contributed by atoms with Gasteiger partial charge in [0.2, 0.25) is 0 Å². The van der Waals surface area contributed by atoms with Crippen molar-refractivity contribution in [2.45, 2.75) is 26.3 Å². The highest BCUT2D eigenvalue weighted by Gasteiger charge is 2.12. The molecule has 18 heavy (non-hydrogen) atoms. The number of aromatic nitrogens is 2. The van der Waals surface area contributed by atoms with Crippen LogP contribution in [0.15, 0.2) is 41.1 Å². The molecule has 0 spiro atoms. The molecule has 1 unspecified atom stereocenters. The summed E-state index contributed by atoms with van der Waals surface area (Å²) in [7, 11) is 0. The lowest BCUT2D eigenvalue weighted by Gasteiger charge is -2.18. The van der Waals surface area contributed by atoms with Crippen LogP contribution in [0.3, 0.4) is 0 Å². The lowest BCUT2D eigenvalue weighted by atomic mass is 10.1. The summed E-state index contributed by atoms with van der Waals surface area (Å²) < 4.78 is 2.98. The lowest BCUT2D eigenvalue weighted by Crippen LogP contribution is -2.20. The molecule has 0 aliphatic rings. The molecule has 3 nitrogen and oxygen atoms in total. The van der Waals surface area contributed by atoms with E-state index in [9.17, 15) is 0 Å². The molecule has 0 radical (unpaired) electrons. The second-order valence-corrected chi connectivity index (χ2v) is 5.25.